The number of hydrogen-bond acceptors (Lipinski definition) is 4. The standard InChI is InChI=1S/C17H38N4O2S.HI/c1-8-15(9-2)16(21(5)6)13-19-17(18-10-3)20-14(4)11-12-24(7,22)23;/h14-16H,8-13H2,1-7H3,(H2,18,19,20);1H. The zero-order chi connectivity index (χ0) is 18.8. The van der Waals surface area contributed by atoms with Gasteiger partial charge in [0.2, 0.25) is 0 Å². The third kappa shape index (κ3) is 12.8. The highest BCUT2D eigenvalue weighted by atomic mass is 127. The van der Waals surface area contributed by atoms with Gasteiger partial charge in [-0.1, -0.05) is 26.7 Å². The van der Waals surface area contributed by atoms with Crippen molar-refractivity contribution in [3.63, 3.8) is 0 Å². The molecule has 2 atom stereocenters. The number of nitrogens with one attached hydrogen (secondary N) is 2. The molecule has 2 N–H and O–H groups in total. The van der Waals surface area contributed by atoms with Crippen LogP contribution in [0.25, 0.3) is 0 Å². The van der Waals surface area contributed by atoms with Gasteiger partial charge < -0.3 is 15.5 Å². The molecular formula is C17H39IN4O2S. The molecule has 0 aromatic rings. The molecule has 6 nitrogen and oxygen atoms in total. The second kappa shape index (κ2) is 14.0. The maximum Gasteiger partial charge on any atom is 0.191 e. The molecule has 0 aliphatic rings. The predicted octanol–water partition coefficient (Wildman–Crippen LogP) is 2.35. The Hall–Kier alpha value is -0.0900. The Kier molecular flexibility index (Phi) is 15.2. The average Bonchev–Trinajstić information content (AvgIpc) is 2.48. The van der Waals surface area contributed by atoms with Crippen LogP contribution < -0.4 is 10.6 Å². The summed E-state index contributed by atoms with van der Waals surface area (Å²) in [6, 6.07) is 0.463. The van der Waals surface area contributed by atoms with E-state index in [0.29, 0.717) is 18.4 Å². The topological polar surface area (TPSA) is 73.8 Å². The molecule has 0 fully saturated rings. The van der Waals surface area contributed by atoms with Gasteiger partial charge >= 0.3 is 0 Å². The molecule has 0 aromatic carbocycles. The molecule has 0 spiro atoms. The number of hydrogen-bond donors (Lipinski definition) is 2. The van der Waals surface area contributed by atoms with Gasteiger partial charge in [0.1, 0.15) is 9.84 Å². The molecule has 0 saturated carbocycles. The van der Waals surface area contributed by atoms with Crippen LogP contribution in [-0.4, -0.2) is 70.6 Å². The van der Waals surface area contributed by atoms with Gasteiger partial charge in [0.25, 0.3) is 0 Å². The smallest absolute Gasteiger partial charge is 0.191 e. The van der Waals surface area contributed by atoms with Crippen molar-refractivity contribution in [2.45, 2.75) is 59.0 Å². The van der Waals surface area contributed by atoms with Crippen molar-refractivity contribution in [2.24, 2.45) is 10.9 Å². The number of sulfone groups is 1. The summed E-state index contributed by atoms with van der Waals surface area (Å²) in [5.74, 6) is 1.57. The Morgan fingerprint density at radius 2 is 1.72 bits per heavy atom. The Bertz CT molecular complexity index is 465. The maximum absolute atomic E-state index is 11.3. The van der Waals surface area contributed by atoms with Crippen LogP contribution in [-0.2, 0) is 9.84 Å². The summed E-state index contributed by atoms with van der Waals surface area (Å²) in [5, 5.41) is 6.57. The van der Waals surface area contributed by atoms with Crippen LogP contribution in [0.5, 0.6) is 0 Å². The molecule has 2 unspecified atom stereocenters. The molecule has 0 saturated heterocycles. The first kappa shape index (κ1) is 27.1. The van der Waals surface area contributed by atoms with Gasteiger partial charge in [-0.3, -0.25) is 4.99 Å². The van der Waals surface area contributed by atoms with Gasteiger partial charge in [-0.2, -0.15) is 0 Å². The predicted molar refractivity (Wildman–Crippen MR) is 120 cm³/mol. The molecule has 0 aliphatic carbocycles. The van der Waals surface area contributed by atoms with Crippen molar-refractivity contribution < 1.29 is 8.42 Å². The van der Waals surface area contributed by atoms with Crippen molar-refractivity contribution in [3.8, 4) is 0 Å². The van der Waals surface area contributed by atoms with Crippen LogP contribution in [0.4, 0.5) is 0 Å². The van der Waals surface area contributed by atoms with Gasteiger partial charge in [0.15, 0.2) is 5.96 Å². The van der Waals surface area contributed by atoms with E-state index in [1.54, 1.807) is 0 Å². The highest BCUT2D eigenvalue weighted by Crippen LogP contribution is 2.17. The number of rotatable bonds is 11. The summed E-state index contributed by atoms with van der Waals surface area (Å²) < 4.78 is 22.6. The van der Waals surface area contributed by atoms with E-state index in [4.69, 9.17) is 4.99 Å². The normalized spacial score (nSPS) is 15.0. The SMILES string of the molecule is CCNC(=NCC(C(CC)CC)N(C)C)NC(C)CCS(C)(=O)=O.I. The third-order valence-corrected chi connectivity index (χ3v) is 5.32. The molecule has 0 heterocycles. The summed E-state index contributed by atoms with van der Waals surface area (Å²) in [6.45, 7) is 9.98. The van der Waals surface area contributed by atoms with E-state index < -0.39 is 9.84 Å². The third-order valence-electron chi connectivity index (χ3n) is 4.34. The molecule has 0 amide bonds. The first-order chi connectivity index (χ1) is 11.1. The summed E-state index contributed by atoms with van der Waals surface area (Å²) in [5.41, 5.74) is 0. The highest BCUT2D eigenvalue weighted by molar-refractivity contribution is 14.0. The molecular weight excluding hydrogens is 451 g/mol. The molecule has 8 heteroatoms. The van der Waals surface area contributed by atoms with Gasteiger partial charge in [0.05, 0.1) is 12.3 Å². The average molecular weight is 490 g/mol. The van der Waals surface area contributed by atoms with Crippen molar-refractivity contribution in [2.75, 3.05) is 39.2 Å². The van der Waals surface area contributed by atoms with Crippen LogP contribution in [0.2, 0.25) is 0 Å². The van der Waals surface area contributed by atoms with E-state index >= 15 is 0 Å². The van der Waals surface area contributed by atoms with E-state index in [1.807, 2.05) is 13.8 Å². The molecule has 0 aromatic heterocycles. The number of guanidine groups is 1. The van der Waals surface area contributed by atoms with E-state index in [1.165, 1.54) is 6.26 Å². The van der Waals surface area contributed by atoms with Crippen LogP contribution in [0, 0.1) is 5.92 Å². The Morgan fingerprint density at radius 3 is 2.12 bits per heavy atom. The van der Waals surface area contributed by atoms with E-state index in [0.717, 1.165) is 31.9 Å². The van der Waals surface area contributed by atoms with Gasteiger partial charge in [0, 0.05) is 24.9 Å². The number of aliphatic imine (C=N–C) groups is 1. The summed E-state index contributed by atoms with van der Waals surface area (Å²) in [6.07, 6.45) is 4.14. The molecule has 152 valence electrons. The van der Waals surface area contributed by atoms with E-state index in [2.05, 4.69) is 43.5 Å². The monoisotopic (exact) mass is 490 g/mol. The van der Waals surface area contributed by atoms with Crippen LogP contribution in [0.3, 0.4) is 0 Å². The number of likely N-dealkylation sites (N-methyl/N-ethyl adjacent to an activating group) is 1. The van der Waals surface area contributed by atoms with Crippen molar-refractivity contribution >= 4 is 39.8 Å². The van der Waals surface area contributed by atoms with Crippen LogP contribution in [0.1, 0.15) is 47.0 Å². The van der Waals surface area contributed by atoms with Crippen LogP contribution in [0.15, 0.2) is 4.99 Å². The van der Waals surface area contributed by atoms with Gasteiger partial charge in [-0.05, 0) is 40.3 Å². The quantitative estimate of drug-likeness (QED) is 0.264. The van der Waals surface area contributed by atoms with Crippen molar-refractivity contribution in [1.82, 2.24) is 15.5 Å². The number of nitrogens with zero attached hydrogens (tertiary/aromatic N) is 2. The van der Waals surface area contributed by atoms with Crippen molar-refractivity contribution in [3.05, 3.63) is 0 Å². The Balaban J connectivity index is 0. The summed E-state index contributed by atoms with van der Waals surface area (Å²) in [7, 11) is 1.28. The van der Waals surface area contributed by atoms with Gasteiger partial charge in [-0.25, -0.2) is 8.42 Å². The fourth-order valence-electron chi connectivity index (χ4n) is 2.77. The Morgan fingerprint density at radius 1 is 1.16 bits per heavy atom. The second-order valence-electron chi connectivity index (χ2n) is 6.79. The lowest BCUT2D eigenvalue weighted by molar-refractivity contribution is 0.206. The van der Waals surface area contributed by atoms with E-state index in [-0.39, 0.29) is 35.8 Å². The largest absolute Gasteiger partial charge is 0.357 e. The minimum atomic E-state index is -2.93. The second-order valence-corrected chi connectivity index (χ2v) is 9.05. The Labute approximate surface area is 172 Å². The maximum atomic E-state index is 11.3. The molecule has 0 bridgehead atoms. The highest BCUT2D eigenvalue weighted by Gasteiger charge is 2.20. The summed E-state index contributed by atoms with van der Waals surface area (Å²) in [4.78, 5) is 6.99. The van der Waals surface area contributed by atoms with Crippen LogP contribution >= 0.6 is 24.0 Å². The number of halogens is 1. The molecule has 0 rings (SSSR count). The lowest BCUT2D eigenvalue weighted by Crippen LogP contribution is -2.44. The molecule has 0 radical (unpaired) electrons. The minimum Gasteiger partial charge on any atom is -0.357 e. The van der Waals surface area contributed by atoms with Gasteiger partial charge in [-0.15, -0.1) is 24.0 Å². The first-order valence-electron chi connectivity index (χ1n) is 9.03. The fraction of sp³-hybridized carbons (Fsp3) is 0.941. The summed E-state index contributed by atoms with van der Waals surface area (Å²) >= 11 is 0. The fourth-order valence-corrected chi connectivity index (χ4v) is 3.55. The zero-order valence-electron chi connectivity index (χ0n) is 17.0. The van der Waals surface area contributed by atoms with Crippen molar-refractivity contribution in [1.29, 1.82) is 0 Å². The lowest BCUT2D eigenvalue weighted by atomic mass is 9.93. The molecule has 25 heavy (non-hydrogen) atoms. The molecule has 0 aliphatic heterocycles. The first-order valence-corrected chi connectivity index (χ1v) is 11.1. The zero-order valence-corrected chi connectivity index (χ0v) is 20.1. The lowest BCUT2D eigenvalue weighted by Gasteiger charge is -2.30. The van der Waals surface area contributed by atoms with E-state index in [9.17, 15) is 8.42 Å². The minimum absolute atomic E-state index is 0.